The number of esters is 1. The van der Waals surface area contributed by atoms with Gasteiger partial charge in [-0.3, -0.25) is 0 Å². The van der Waals surface area contributed by atoms with Gasteiger partial charge in [0.2, 0.25) is 0 Å². The van der Waals surface area contributed by atoms with Crippen LogP contribution in [0.1, 0.15) is 9.67 Å². The molecule has 3 N–H and O–H groups in total. The third-order valence-electron chi connectivity index (χ3n) is 1.61. The van der Waals surface area contributed by atoms with E-state index in [0.29, 0.717) is 23.2 Å². The van der Waals surface area contributed by atoms with Gasteiger partial charge in [-0.2, -0.15) is 0 Å². The largest absolute Gasteiger partial charge is 0.465 e. The van der Waals surface area contributed by atoms with Crippen molar-refractivity contribution in [3.8, 4) is 0 Å². The predicted molar refractivity (Wildman–Crippen MR) is 58.2 cm³/mol. The summed E-state index contributed by atoms with van der Waals surface area (Å²) in [6.45, 7) is 1.18. The maximum absolute atomic E-state index is 11.2. The monoisotopic (exact) mass is 231 g/mol. The summed E-state index contributed by atoms with van der Waals surface area (Å²) >= 11 is 1.17. The van der Waals surface area contributed by atoms with Crippen molar-refractivity contribution in [1.82, 2.24) is 4.98 Å². The van der Waals surface area contributed by atoms with Gasteiger partial charge in [-0.15, -0.1) is 0 Å². The second-order valence-corrected chi connectivity index (χ2v) is 3.64. The lowest BCUT2D eigenvalue weighted by atomic mass is 10.5. The van der Waals surface area contributed by atoms with Crippen molar-refractivity contribution < 1.29 is 14.3 Å². The predicted octanol–water partition coefficient (Wildman–Crippen LogP) is 0.570. The Morgan fingerprint density at radius 1 is 1.60 bits per heavy atom. The number of methoxy groups -OCH3 is 2. The number of hydrogen-bond acceptors (Lipinski definition) is 7. The van der Waals surface area contributed by atoms with Gasteiger partial charge in [0, 0.05) is 13.7 Å². The second-order valence-electron chi connectivity index (χ2n) is 2.64. The quantitative estimate of drug-likeness (QED) is 0.569. The van der Waals surface area contributed by atoms with Crippen LogP contribution in [0.3, 0.4) is 0 Å². The summed E-state index contributed by atoms with van der Waals surface area (Å²) in [6.07, 6.45) is 0. The van der Waals surface area contributed by atoms with Gasteiger partial charge in [-0.25, -0.2) is 9.78 Å². The molecule has 0 aromatic carbocycles. The Labute approximate surface area is 91.4 Å². The minimum Gasteiger partial charge on any atom is -0.465 e. The number of aromatic nitrogens is 1. The maximum atomic E-state index is 11.2. The van der Waals surface area contributed by atoms with E-state index in [9.17, 15) is 4.79 Å². The number of ether oxygens (including phenoxy) is 2. The Morgan fingerprint density at radius 3 is 2.93 bits per heavy atom. The molecule has 84 valence electrons. The van der Waals surface area contributed by atoms with Crippen LogP contribution in [0.2, 0.25) is 0 Å². The number of carbonyl (C=O) groups is 1. The number of nitrogens with one attached hydrogen (secondary N) is 1. The molecule has 1 aromatic rings. The van der Waals surface area contributed by atoms with Crippen LogP contribution in [-0.2, 0) is 9.47 Å². The molecule has 0 radical (unpaired) electrons. The summed E-state index contributed by atoms with van der Waals surface area (Å²) in [5, 5.41) is 3.57. The minimum absolute atomic E-state index is 0.187. The van der Waals surface area contributed by atoms with Crippen LogP contribution in [0, 0.1) is 0 Å². The molecule has 0 saturated heterocycles. The first-order valence-electron chi connectivity index (χ1n) is 4.26. The number of hydrogen-bond donors (Lipinski definition) is 2. The molecule has 1 rings (SSSR count). The molecule has 0 unspecified atom stereocenters. The van der Waals surface area contributed by atoms with Crippen LogP contribution in [0.5, 0.6) is 0 Å². The van der Waals surface area contributed by atoms with Crippen LogP contribution < -0.4 is 11.1 Å². The minimum atomic E-state index is -0.468. The fraction of sp³-hybridized carbons (Fsp3) is 0.500. The Bertz CT molecular complexity index is 340. The zero-order valence-corrected chi connectivity index (χ0v) is 9.39. The smallest absolute Gasteiger partial charge is 0.351 e. The van der Waals surface area contributed by atoms with E-state index in [0.717, 1.165) is 0 Å². The Balaban J connectivity index is 2.64. The summed E-state index contributed by atoms with van der Waals surface area (Å²) in [7, 11) is 2.91. The average Bonchev–Trinajstić information content (AvgIpc) is 2.59. The molecule has 0 aliphatic rings. The van der Waals surface area contributed by atoms with Gasteiger partial charge in [0.05, 0.1) is 13.7 Å². The number of anilines is 2. The van der Waals surface area contributed by atoms with E-state index in [4.69, 9.17) is 10.5 Å². The van der Waals surface area contributed by atoms with Crippen molar-refractivity contribution in [2.75, 3.05) is 38.4 Å². The van der Waals surface area contributed by atoms with Gasteiger partial charge >= 0.3 is 5.97 Å². The molecule has 0 atom stereocenters. The topological polar surface area (TPSA) is 86.5 Å². The highest BCUT2D eigenvalue weighted by Gasteiger charge is 2.15. The summed E-state index contributed by atoms with van der Waals surface area (Å²) < 4.78 is 9.42. The van der Waals surface area contributed by atoms with E-state index < -0.39 is 5.97 Å². The summed E-state index contributed by atoms with van der Waals surface area (Å²) in [5.74, 6) is -0.281. The Kier molecular flexibility index (Phi) is 4.32. The van der Waals surface area contributed by atoms with Crippen LogP contribution >= 0.6 is 11.3 Å². The first kappa shape index (κ1) is 11.7. The summed E-state index contributed by atoms with van der Waals surface area (Å²) in [6, 6.07) is 0. The molecule has 1 aromatic heterocycles. The molecule has 0 aliphatic heterocycles. The number of nitrogen functional groups attached to an aromatic ring is 1. The number of rotatable bonds is 5. The third kappa shape index (κ3) is 3.07. The van der Waals surface area contributed by atoms with Crippen molar-refractivity contribution in [3.05, 3.63) is 4.88 Å². The Hall–Kier alpha value is -1.34. The molecule has 1 heterocycles. The van der Waals surface area contributed by atoms with Gasteiger partial charge in [0.25, 0.3) is 0 Å². The summed E-state index contributed by atoms with van der Waals surface area (Å²) in [5.41, 5.74) is 5.55. The third-order valence-corrected chi connectivity index (χ3v) is 2.62. The normalized spacial score (nSPS) is 10.0. The van der Waals surface area contributed by atoms with Gasteiger partial charge < -0.3 is 20.5 Å². The molecule has 0 bridgehead atoms. The highest BCUT2D eigenvalue weighted by Crippen LogP contribution is 2.25. The van der Waals surface area contributed by atoms with E-state index in [1.54, 1.807) is 7.11 Å². The highest BCUT2D eigenvalue weighted by atomic mass is 32.1. The first-order valence-corrected chi connectivity index (χ1v) is 5.08. The van der Waals surface area contributed by atoms with Crippen molar-refractivity contribution in [3.63, 3.8) is 0 Å². The van der Waals surface area contributed by atoms with Crippen LogP contribution in [-0.4, -0.2) is 38.3 Å². The lowest BCUT2D eigenvalue weighted by Gasteiger charge is -1.99. The molecule has 0 saturated carbocycles. The lowest BCUT2D eigenvalue weighted by molar-refractivity contribution is 0.0607. The molecule has 0 amide bonds. The van der Waals surface area contributed by atoms with Gasteiger partial charge in [0.15, 0.2) is 15.8 Å². The molecule has 0 spiro atoms. The highest BCUT2D eigenvalue weighted by molar-refractivity contribution is 7.17. The van der Waals surface area contributed by atoms with Crippen LogP contribution in [0.15, 0.2) is 0 Å². The Morgan fingerprint density at radius 2 is 2.33 bits per heavy atom. The van der Waals surface area contributed by atoms with E-state index >= 15 is 0 Å². The van der Waals surface area contributed by atoms with Gasteiger partial charge in [0.1, 0.15) is 0 Å². The van der Waals surface area contributed by atoms with Gasteiger partial charge in [-0.05, 0) is 0 Å². The van der Waals surface area contributed by atoms with E-state index in [2.05, 4.69) is 15.0 Å². The van der Waals surface area contributed by atoms with E-state index in [1.165, 1.54) is 18.4 Å². The fourth-order valence-corrected chi connectivity index (χ4v) is 1.73. The maximum Gasteiger partial charge on any atom is 0.351 e. The van der Waals surface area contributed by atoms with Crippen LogP contribution in [0.25, 0.3) is 0 Å². The zero-order chi connectivity index (χ0) is 11.3. The second kappa shape index (κ2) is 5.52. The number of nitrogens with zero attached hydrogens (tertiary/aromatic N) is 1. The standard InChI is InChI=1S/C8H13N3O3S/c1-13-4-3-10-8-11-6(9)5(15-8)7(12)14-2/h3-4,9H2,1-2H3,(H,10,11). The molecular weight excluding hydrogens is 218 g/mol. The van der Waals surface area contributed by atoms with E-state index in [1.807, 2.05) is 0 Å². The molecule has 7 heteroatoms. The van der Waals surface area contributed by atoms with Crippen LogP contribution in [0.4, 0.5) is 10.9 Å². The number of carbonyl (C=O) groups excluding carboxylic acids is 1. The average molecular weight is 231 g/mol. The van der Waals surface area contributed by atoms with E-state index in [-0.39, 0.29) is 5.82 Å². The van der Waals surface area contributed by atoms with Crippen molar-refractivity contribution in [2.24, 2.45) is 0 Å². The molecule has 15 heavy (non-hydrogen) atoms. The first-order chi connectivity index (χ1) is 7.19. The fourth-order valence-electron chi connectivity index (χ4n) is 0.907. The van der Waals surface area contributed by atoms with Crippen molar-refractivity contribution in [2.45, 2.75) is 0 Å². The SMILES string of the molecule is COCCNc1nc(N)c(C(=O)OC)s1. The van der Waals surface area contributed by atoms with Crippen molar-refractivity contribution >= 4 is 28.3 Å². The summed E-state index contributed by atoms with van der Waals surface area (Å²) in [4.78, 5) is 15.5. The molecular formula is C8H13N3O3S. The molecule has 0 aliphatic carbocycles. The lowest BCUT2D eigenvalue weighted by Crippen LogP contribution is -2.07. The zero-order valence-electron chi connectivity index (χ0n) is 8.57. The number of thiazole rings is 1. The van der Waals surface area contributed by atoms with Gasteiger partial charge in [-0.1, -0.05) is 11.3 Å². The van der Waals surface area contributed by atoms with Crippen molar-refractivity contribution in [1.29, 1.82) is 0 Å². The number of nitrogens with two attached hydrogens (primary N) is 1. The molecule has 6 nitrogen and oxygen atoms in total. The molecule has 0 fully saturated rings.